The standard InChI is InChI=1S/C11H12N2O4/c1-5(14)9-10(6(2)15)13(8(4)17)11(12-9)7(3)16/h1-4H3. The normalized spacial score (nSPS) is 10.1. The number of aromatic nitrogens is 2. The van der Waals surface area contributed by atoms with Gasteiger partial charge in [-0.1, -0.05) is 0 Å². The van der Waals surface area contributed by atoms with Gasteiger partial charge in [-0.3, -0.25) is 23.7 Å². The minimum atomic E-state index is -0.527. The van der Waals surface area contributed by atoms with Crippen molar-refractivity contribution in [2.45, 2.75) is 27.7 Å². The Kier molecular flexibility index (Phi) is 3.36. The third kappa shape index (κ3) is 2.20. The number of carbonyl (C=O) groups excluding carboxylic acids is 4. The van der Waals surface area contributed by atoms with Gasteiger partial charge in [0.1, 0.15) is 11.4 Å². The van der Waals surface area contributed by atoms with Crippen molar-refractivity contribution in [2.75, 3.05) is 0 Å². The maximum atomic E-state index is 11.5. The van der Waals surface area contributed by atoms with E-state index in [1.54, 1.807) is 0 Å². The van der Waals surface area contributed by atoms with Gasteiger partial charge in [0, 0.05) is 27.7 Å². The topological polar surface area (TPSA) is 86.1 Å². The fourth-order valence-electron chi connectivity index (χ4n) is 1.53. The molecule has 0 fully saturated rings. The summed E-state index contributed by atoms with van der Waals surface area (Å²) in [4.78, 5) is 49.3. The van der Waals surface area contributed by atoms with Gasteiger partial charge in [0.25, 0.3) is 0 Å². The van der Waals surface area contributed by atoms with Crippen LogP contribution in [0.4, 0.5) is 0 Å². The van der Waals surface area contributed by atoms with Gasteiger partial charge >= 0.3 is 0 Å². The Hall–Kier alpha value is -2.11. The molecule has 6 heteroatoms. The summed E-state index contributed by atoms with van der Waals surface area (Å²) in [5, 5.41) is 0. The van der Waals surface area contributed by atoms with Crippen molar-refractivity contribution in [3.05, 3.63) is 17.2 Å². The molecule has 0 radical (unpaired) electrons. The molecule has 0 spiro atoms. The number of ketones is 3. The smallest absolute Gasteiger partial charge is 0.229 e. The molecule has 0 amide bonds. The van der Waals surface area contributed by atoms with Crippen molar-refractivity contribution >= 4 is 23.3 Å². The molecule has 1 aromatic heterocycles. The first kappa shape index (κ1) is 13.0. The predicted molar refractivity (Wildman–Crippen MR) is 58.5 cm³/mol. The highest BCUT2D eigenvalue weighted by atomic mass is 16.2. The van der Waals surface area contributed by atoms with Crippen molar-refractivity contribution in [1.82, 2.24) is 9.55 Å². The number of nitrogens with zero attached hydrogens (tertiary/aromatic N) is 2. The van der Waals surface area contributed by atoms with E-state index < -0.39 is 23.3 Å². The Balaban J connectivity index is 3.73. The molecule has 6 nitrogen and oxygen atoms in total. The molecule has 1 heterocycles. The van der Waals surface area contributed by atoms with E-state index in [-0.39, 0.29) is 17.2 Å². The van der Waals surface area contributed by atoms with Gasteiger partial charge in [0.15, 0.2) is 23.2 Å². The first-order chi connectivity index (χ1) is 7.77. The van der Waals surface area contributed by atoms with Crippen molar-refractivity contribution in [1.29, 1.82) is 0 Å². The van der Waals surface area contributed by atoms with Crippen LogP contribution in [-0.4, -0.2) is 32.8 Å². The van der Waals surface area contributed by atoms with Crippen LogP contribution in [0.3, 0.4) is 0 Å². The number of rotatable bonds is 3. The molecule has 17 heavy (non-hydrogen) atoms. The van der Waals surface area contributed by atoms with Gasteiger partial charge < -0.3 is 0 Å². The Labute approximate surface area is 97.6 Å². The average Bonchev–Trinajstić information content (AvgIpc) is 2.56. The molecule has 0 aliphatic carbocycles. The molecule has 0 N–H and O–H groups in total. The Morgan fingerprint density at radius 3 is 1.71 bits per heavy atom. The molecule has 0 saturated heterocycles. The van der Waals surface area contributed by atoms with Gasteiger partial charge in [-0.2, -0.15) is 0 Å². The molecule has 0 aromatic carbocycles. The van der Waals surface area contributed by atoms with E-state index in [0.29, 0.717) is 0 Å². The van der Waals surface area contributed by atoms with Gasteiger partial charge in [0.2, 0.25) is 5.91 Å². The van der Waals surface area contributed by atoms with Crippen LogP contribution in [0.25, 0.3) is 0 Å². The van der Waals surface area contributed by atoms with Crippen LogP contribution in [0.2, 0.25) is 0 Å². The SMILES string of the molecule is CC(=O)c1nc(C(C)=O)n(C(C)=O)c1C(C)=O. The Morgan fingerprint density at radius 1 is 0.882 bits per heavy atom. The van der Waals surface area contributed by atoms with E-state index in [4.69, 9.17) is 0 Å². The summed E-state index contributed by atoms with van der Waals surface area (Å²) in [6, 6.07) is 0. The van der Waals surface area contributed by atoms with Crippen LogP contribution in [0.1, 0.15) is 64.1 Å². The lowest BCUT2D eigenvalue weighted by atomic mass is 10.2. The summed E-state index contributed by atoms with van der Waals surface area (Å²) in [5.74, 6) is -2.13. The second kappa shape index (κ2) is 4.40. The number of carbonyl (C=O) groups is 4. The number of hydrogen-bond acceptors (Lipinski definition) is 5. The molecule has 90 valence electrons. The fourth-order valence-corrected chi connectivity index (χ4v) is 1.53. The maximum absolute atomic E-state index is 11.5. The van der Waals surface area contributed by atoms with Crippen LogP contribution in [-0.2, 0) is 0 Å². The molecule has 0 atom stereocenters. The van der Waals surface area contributed by atoms with E-state index in [9.17, 15) is 19.2 Å². The van der Waals surface area contributed by atoms with E-state index >= 15 is 0 Å². The maximum Gasteiger partial charge on any atom is 0.229 e. The molecular weight excluding hydrogens is 224 g/mol. The van der Waals surface area contributed by atoms with Crippen LogP contribution < -0.4 is 0 Å². The minimum absolute atomic E-state index is 0.129. The quantitative estimate of drug-likeness (QED) is 0.735. The summed E-state index contributed by atoms with van der Waals surface area (Å²) < 4.78 is 0.890. The predicted octanol–water partition coefficient (Wildman–Crippen LogP) is 1.15. The number of Topliss-reactive ketones (excluding diaryl/α,β-unsaturated/α-hetero) is 3. The zero-order chi connectivity index (χ0) is 13.3. The highest BCUT2D eigenvalue weighted by molar-refractivity contribution is 6.09. The molecule has 0 saturated carbocycles. The summed E-state index contributed by atoms with van der Waals surface area (Å²) >= 11 is 0. The third-order valence-corrected chi connectivity index (χ3v) is 2.17. The molecule has 0 aliphatic rings. The van der Waals surface area contributed by atoms with Crippen LogP contribution in [0.5, 0.6) is 0 Å². The largest absolute Gasteiger partial charge is 0.293 e. The first-order valence-corrected chi connectivity index (χ1v) is 4.93. The number of imidazole rings is 1. The highest BCUT2D eigenvalue weighted by Gasteiger charge is 2.26. The summed E-state index contributed by atoms with van der Waals surface area (Å²) in [5.41, 5.74) is -0.270. The Bertz CT molecular complexity index is 493. The minimum Gasteiger partial charge on any atom is -0.293 e. The monoisotopic (exact) mass is 236 g/mol. The summed E-state index contributed by atoms with van der Waals surface area (Å²) in [6.45, 7) is 4.86. The van der Waals surface area contributed by atoms with Crippen molar-refractivity contribution < 1.29 is 19.2 Å². The van der Waals surface area contributed by atoms with Crippen LogP contribution >= 0.6 is 0 Å². The van der Waals surface area contributed by atoms with E-state index in [1.165, 1.54) is 27.7 Å². The van der Waals surface area contributed by atoms with E-state index in [1.807, 2.05) is 0 Å². The van der Waals surface area contributed by atoms with Crippen LogP contribution in [0, 0.1) is 0 Å². The van der Waals surface area contributed by atoms with Gasteiger partial charge in [0.05, 0.1) is 0 Å². The lowest BCUT2D eigenvalue weighted by Crippen LogP contribution is -2.18. The highest BCUT2D eigenvalue weighted by Crippen LogP contribution is 2.14. The summed E-state index contributed by atoms with van der Waals surface area (Å²) in [6.07, 6.45) is 0. The second-order valence-corrected chi connectivity index (χ2v) is 3.66. The average molecular weight is 236 g/mol. The number of hydrogen-bond donors (Lipinski definition) is 0. The van der Waals surface area contributed by atoms with Gasteiger partial charge in [-0.25, -0.2) is 4.98 Å². The molecular formula is C11H12N2O4. The van der Waals surface area contributed by atoms with E-state index in [2.05, 4.69) is 4.98 Å². The molecule has 0 bridgehead atoms. The molecule has 1 aromatic rings. The van der Waals surface area contributed by atoms with Crippen LogP contribution in [0.15, 0.2) is 0 Å². The van der Waals surface area contributed by atoms with Crippen molar-refractivity contribution in [2.24, 2.45) is 0 Å². The van der Waals surface area contributed by atoms with Crippen molar-refractivity contribution in [3.63, 3.8) is 0 Å². The van der Waals surface area contributed by atoms with Gasteiger partial charge in [-0.15, -0.1) is 0 Å². The fraction of sp³-hybridized carbons (Fsp3) is 0.364. The van der Waals surface area contributed by atoms with E-state index in [0.717, 1.165) is 4.57 Å². The molecule has 1 rings (SSSR count). The first-order valence-electron chi connectivity index (χ1n) is 4.93. The van der Waals surface area contributed by atoms with Gasteiger partial charge in [-0.05, 0) is 0 Å². The zero-order valence-electron chi connectivity index (χ0n) is 10.0. The molecule has 0 unspecified atom stereocenters. The summed E-state index contributed by atoms with van der Waals surface area (Å²) in [7, 11) is 0. The lowest BCUT2D eigenvalue weighted by molar-refractivity contribution is 0.0886. The van der Waals surface area contributed by atoms with Crippen molar-refractivity contribution in [3.8, 4) is 0 Å². The molecule has 0 aliphatic heterocycles. The zero-order valence-corrected chi connectivity index (χ0v) is 10.0. The third-order valence-electron chi connectivity index (χ3n) is 2.17. The lowest BCUT2D eigenvalue weighted by Gasteiger charge is -2.03. The Morgan fingerprint density at radius 2 is 1.41 bits per heavy atom. The second-order valence-electron chi connectivity index (χ2n) is 3.66.